The van der Waals surface area contributed by atoms with Crippen molar-refractivity contribution in [1.82, 2.24) is 10.2 Å². The lowest BCUT2D eigenvalue weighted by Gasteiger charge is -2.36. The monoisotopic (exact) mass is 202 g/mol. The molecule has 3 heteroatoms. The Hall–Kier alpha value is -0.120. The molecule has 86 valence electrons. The highest BCUT2D eigenvalue weighted by atomic mass is 16.3. The first-order chi connectivity index (χ1) is 6.47. The Labute approximate surface area is 88.5 Å². The summed E-state index contributed by atoms with van der Waals surface area (Å²) in [6, 6.07) is 0. The molecule has 1 heterocycles. The number of hydrogen-bond donors (Lipinski definition) is 2. The first-order valence-corrected chi connectivity index (χ1v) is 5.59. The first-order valence-electron chi connectivity index (χ1n) is 5.59. The van der Waals surface area contributed by atoms with Gasteiger partial charge in [0.1, 0.15) is 0 Å². The smallest absolute Gasteiger partial charge is 0.0715 e. The maximum Gasteiger partial charge on any atom is 0.0715 e. The molecule has 0 aromatic heterocycles. The maximum atomic E-state index is 9.40. The van der Waals surface area contributed by atoms with Crippen LogP contribution in [0.1, 0.15) is 27.7 Å². The molecule has 0 aromatic carbocycles. The second-order valence-electron chi connectivity index (χ2n) is 4.53. The normalized spacial score (nSPS) is 18.4. The highest BCUT2D eigenvalue weighted by molar-refractivity contribution is 4.79. The minimum absolute atomic E-state index is 0.574. The lowest BCUT2D eigenvalue weighted by atomic mass is 10.0. The van der Waals surface area contributed by atoms with Gasteiger partial charge in [0.05, 0.1) is 5.60 Å². The minimum atomic E-state index is -0.574. The standard InChI is InChI=1S/C9H20N2O.C2H6/c1-9(2,12)7-10-4-8-5-11(3)6-8;1-2/h8,10,12H,4-7H2,1-3H3;1-2H3. The Morgan fingerprint density at radius 1 is 1.36 bits per heavy atom. The van der Waals surface area contributed by atoms with Crippen molar-refractivity contribution in [3.8, 4) is 0 Å². The van der Waals surface area contributed by atoms with E-state index in [2.05, 4.69) is 17.3 Å². The van der Waals surface area contributed by atoms with Crippen molar-refractivity contribution in [2.24, 2.45) is 5.92 Å². The molecule has 3 nitrogen and oxygen atoms in total. The van der Waals surface area contributed by atoms with E-state index in [0.29, 0.717) is 6.54 Å². The van der Waals surface area contributed by atoms with Gasteiger partial charge in [-0.3, -0.25) is 0 Å². The summed E-state index contributed by atoms with van der Waals surface area (Å²) in [6.45, 7) is 11.8. The molecule has 0 aliphatic carbocycles. The van der Waals surface area contributed by atoms with E-state index >= 15 is 0 Å². The molecule has 0 radical (unpaired) electrons. The molecule has 1 aliphatic rings. The maximum absolute atomic E-state index is 9.40. The average molecular weight is 202 g/mol. The van der Waals surface area contributed by atoms with E-state index in [1.165, 1.54) is 13.1 Å². The predicted molar refractivity (Wildman–Crippen MR) is 61.5 cm³/mol. The Bertz CT molecular complexity index is 137. The van der Waals surface area contributed by atoms with Gasteiger partial charge in [-0.25, -0.2) is 0 Å². The third kappa shape index (κ3) is 6.35. The van der Waals surface area contributed by atoms with Gasteiger partial charge in [0.2, 0.25) is 0 Å². The second-order valence-corrected chi connectivity index (χ2v) is 4.53. The number of nitrogens with zero attached hydrogens (tertiary/aromatic N) is 1. The van der Waals surface area contributed by atoms with Gasteiger partial charge in [0.25, 0.3) is 0 Å². The van der Waals surface area contributed by atoms with Gasteiger partial charge in [-0.15, -0.1) is 0 Å². The summed E-state index contributed by atoms with van der Waals surface area (Å²) in [6.07, 6.45) is 0. The van der Waals surface area contributed by atoms with Crippen LogP contribution in [0.2, 0.25) is 0 Å². The Morgan fingerprint density at radius 3 is 2.21 bits per heavy atom. The summed E-state index contributed by atoms with van der Waals surface area (Å²) in [5, 5.41) is 12.7. The van der Waals surface area contributed by atoms with Gasteiger partial charge >= 0.3 is 0 Å². The molecule has 0 saturated carbocycles. The fourth-order valence-corrected chi connectivity index (χ4v) is 1.54. The van der Waals surface area contributed by atoms with E-state index in [9.17, 15) is 5.11 Å². The zero-order valence-electron chi connectivity index (χ0n) is 10.3. The van der Waals surface area contributed by atoms with Crippen LogP contribution in [-0.4, -0.2) is 48.8 Å². The molecule has 14 heavy (non-hydrogen) atoms. The Kier molecular flexibility index (Phi) is 6.33. The molecular weight excluding hydrogens is 176 g/mol. The van der Waals surface area contributed by atoms with Crippen LogP contribution >= 0.6 is 0 Å². The van der Waals surface area contributed by atoms with Crippen molar-refractivity contribution in [3.05, 3.63) is 0 Å². The van der Waals surface area contributed by atoms with Crippen molar-refractivity contribution in [3.63, 3.8) is 0 Å². The summed E-state index contributed by atoms with van der Waals surface area (Å²) >= 11 is 0. The lowest BCUT2D eigenvalue weighted by molar-refractivity contribution is 0.0716. The van der Waals surface area contributed by atoms with Gasteiger partial charge < -0.3 is 15.3 Å². The molecule has 1 rings (SSSR count). The molecule has 0 aromatic rings. The molecular formula is C11H26N2O. The number of hydrogen-bond acceptors (Lipinski definition) is 3. The largest absolute Gasteiger partial charge is 0.389 e. The van der Waals surface area contributed by atoms with Crippen LogP contribution in [0.3, 0.4) is 0 Å². The number of rotatable bonds is 4. The fourth-order valence-electron chi connectivity index (χ4n) is 1.54. The minimum Gasteiger partial charge on any atom is -0.389 e. The zero-order chi connectivity index (χ0) is 11.2. The summed E-state index contributed by atoms with van der Waals surface area (Å²) in [7, 11) is 2.13. The summed E-state index contributed by atoms with van der Waals surface area (Å²) in [5.74, 6) is 0.789. The van der Waals surface area contributed by atoms with Crippen molar-refractivity contribution >= 4 is 0 Å². The summed E-state index contributed by atoms with van der Waals surface area (Å²) < 4.78 is 0. The SMILES string of the molecule is CC.CN1CC(CNCC(C)(C)O)C1. The molecule has 0 atom stereocenters. The topological polar surface area (TPSA) is 35.5 Å². The zero-order valence-corrected chi connectivity index (χ0v) is 10.3. The molecule has 1 aliphatic heterocycles. The summed E-state index contributed by atoms with van der Waals surface area (Å²) in [4.78, 5) is 2.30. The highest BCUT2D eigenvalue weighted by Gasteiger charge is 2.23. The molecule has 0 bridgehead atoms. The van der Waals surface area contributed by atoms with Crippen LogP contribution in [0.4, 0.5) is 0 Å². The fraction of sp³-hybridized carbons (Fsp3) is 1.00. The Morgan fingerprint density at radius 2 is 1.86 bits per heavy atom. The Balaban J connectivity index is 0.000000791. The molecule has 0 amide bonds. The van der Waals surface area contributed by atoms with Gasteiger partial charge in [-0.2, -0.15) is 0 Å². The van der Waals surface area contributed by atoms with Crippen LogP contribution < -0.4 is 5.32 Å². The van der Waals surface area contributed by atoms with Crippen LogP contribution in [-0.2, 0) is 0 Å². The molecule has 1 saturated heterocycles. The van der Waals surface area contributed by atoms with Crippen molar-refractivity contribution in [2.45, 2.75) is 33.3 Å². The van der Waals surface area contributed by atoms with Gasteiger partial charge in [0, 0.05) is 26.2 Å². The van der Waals surface area contributed by atoms with E-state index in [1.54, 1.807) is 0 Å². The van der Waals surface area contributed by atoms with E-state index < -0.39 is 5.60 Å². The average Bonchev–Trinajstić information content (AvgIpc) is 2.03. The van der Waals surface area contributed by atoms with Gasteiger partial charge in [-0.05, 0) is 26.8 Å². The van der Waals surface area contributed by atoms with Crippen molar-refractivity contribution < 1.29 is 5.11 Å². The van der Waals surface area contributed by atoms with E-state index in [-0.39, 0.29) is 0 Å². The molecule has 0 unspecified atom stereocenters. The third-order valence-corrected chi connectivity index (χ3v) is 2.13. The van der Waals surface area contributed by atoms with Crippen LogP contribution in [0.5, 0.6) is 0 Å². The third-order valence-electron chi connectivity index (χ3n) is 2.13. The lowest BCUT2D eigenvalue weighted by Crippen LogP contribution is -2.49. The number of aliphatic hydroxyl groups is 1. The van der Waals surface area contributed by atoms with Crippen LogP contribution in [0.25, 0.3) is 0 Å². The number of nitrogens with one attached hydrogen (secondary N) is 1. The highest BCUT2D eigenvalue weighted by Crippen LogP contribution is 2.11. The summed E-state index contributed by atoms with van der Waals surface area (Å²) in [5.41, 5.74) is -0.574. The predicted octanol–water partition coefficient (Wildman–Crippen LogP) is 0.935. The van der Waals surface area contributed by atoms with Crippen molar-refractivity contribution in [1.29, 1.82) is 0 Å². The van der Waals surface area contributed by atoms with E-state index in [1.807, 2.05) is 27.7 Å². The second kappa shape index (κ2) is 6.38. The van der Waals surface area contributed by atoms with Crippen LogP contribution in [0.15, 0.2) is 0 Å². The van der Waals surface area contributed by atoms with Crippen LogP contribution in [0, 0.1) is 5.92 Å². The molecule has 1 fully saturated rings. The molecule has 0 spiro atoms. The quantitative estimate of drug-likeness (QED) is 0.712. The van der Waals surface area contributed by atoms with Gasteiger partial charge in [0.15, 0.2) is 0 Å². The van der Waals surface area contributed by atoms with E-state index in [0.717, 1.165) is 12.5 Å². The van der Waals surface area contributed by atoms with E-state index in [4.69, 9.17) is 0 Å². The van der Waals surface area contributed by atoms with Crippen molar-refractivity contribution in [2.75, 3.05) is 33.2 Å². The number of likely N-dealkylation sites (tertiary alicyclic amines) is 1. The molecule has 2 N–H and O–H groups in total. The van der Waals surface area contributed by atoms with Gasteiger partial charge in [-0.1, -0.05) is 13.8 Å². The first kappa shape index (κ1) is 13.9.